The Morgan fingerprint density at radius 2 is 2.10 bits per heavy atom. The Balaban J connectivity index is 1.95. The van der Waals surface area contributed by atoms with Crippen LogP contribution in [-0.2, 0) is 23.0 Å². The maximum absolute atomic E-state index is 12.6. The molecule has 0 saturated heterocycles. The van der Waals surface area contributed by atoms with Gasteiger partial charge < -0.3 is 5.73 Å². The highest BCUT2D eigenvalue weighted by Crippen LogP contribution is 2.30. The van der Waals surface area contributed by atoms with E-state index in [0.717, 1.165) is 12.0 Å². The van der Waals surface area contributed by atoms with Crippen LogP contribution in [0.3, 0.4) is 0 Å². The van der Waals surface area contributed by atoms with E-state index in [1.807, 2.05) is 11.4 Å². The normalized spacial score (nSPS) is 16.1. The van der Waals surface area contributed by atoms with Gasteiger partial charge in [-0.25, -0.2) is 8.42 Å². The number of hydrogen-bond donors (Lipinski definition) is 1. The van der Waals surface area contributed by atoms with Crippen LogP contribution in [0.4, 0.5) is 5.69 Å². The minimum absolute atomic E-state index is 0.193. The van der Waals surface area contributed by atoms with Gasteiger partial charge in [0.1, 0.15) is 0 Å². The van der Waals surface area contributed by atoms with Crippen molar-refractivity contribution in [1.82, 2.24) is 4.31 Å². The lowest BCUT2D eigenvalue weighted by Gasteiger charge is -2.26. The van der Waals surface area contributed by atoms with Crippen LogP contribution < -0.4 is 5.73 Å². The van der Waals surface area contributed by atoms with E-state index in [1.54, 1.807) is 11.3 Å². The van der Waals surface area contributed by atoms with Crippen LogP contribution in [-0.4, -0.2) is 19.3 Å². The molecule has 0 unspecified atom stereocenters. The average molecular weight is 329 g/mol. The summed E-state index contributed by atoms with van der Waals surface area (Å²) in [6, 6.07) is 6.42. The van der Waals surface area contributed by atoms with Gasteiger partial charge in [0.15, 0.2) is 0 Å². The predicted octanol–water partition coefficient (Wildman–Crippen LogP) is 2.73. The summed E-state index contributed by atoms with van der Waals surface area (Å²) in [5.74, 6) is 0. The molecule has 4 nitrogen and oxygen atoms in total. The van der Waals surface area contributed by atoms with Gasteiger partial charge in [0, 0.05) is 18.0 Å². The van der Waals surface area contributed by atoms with E-state index in [2.05, 4.69) is 0 Å². The molecule has 0 aliphatic carbocycles. The fourth-order valence-electron chi connectivity index (χ4n) is 2.26. The fraction of sp³-hybridized carbons (Fsp3) is 0.231. The number of anilines is 1. The van der Waals surface area contributed by atoms with Crippen molar-refractivity contribution in [3.8, 4) is 0 Å². The van der Waals surface area contributed by atoms with E-state index in [9.17, 15) is 8.42 Å². The minimum atomic E-state index is -3.52. The number of nitrogen functional groups attached to an aromatic ring is 1. The standard InChI is InChI=1S/C13H13ClN2O2S2/c14-11-2-1-10(7-12(11)15)20(17,18)16-5-3-13-9(8-16)4-6-19-13/h1-2,4,6-7H,3,5,8,15H2. The number of rotatable bonds is 2. The van der Waals surface area contributed by atoms with Crippen LogP contribution in [0.25, 0.3) is 0 Å². The Labute approximate surface area is 126 Å². The first-order valence-electron chi connectivity index (χ1n) is 6.09. The molecule has 0 saturated carbocycles. The molecule has 7 heteroatoms. The minimum Gasteiger partial charge on any atom is -0.397 e. The van der Waals surface area contributed by atoms with Gasteiger partial charge >= 0.3 is 0 Å². The lowest BCUT2D eigenvalue weighted by atomic mass is 10.1. The van der Waals surface area contributed by atoms with Crippen molar-refractivity contribution < 1.29 is 8.42 Å². The first-order chi connectivity index (χ1) is 9.48. The lowest BCUT2D eigenvalue weighted by molar-refractivity contribution is 0.394. The molecule has 3 rings (SSSR count). The van der Waals surface area contributed by atoms with Crippen molar-refractivity contribution in [3.05, 3.63) is 45.1 Å². The molecule has 1 aromatic carbocycles. The maximum atomic E-state index is 12.6. The highest BCUT2D eigenvalue weighted by molar-refractivity contribution is 7.89. The topological polar surface area (TPSA) is 63.4 Å². The lowest BCUT2D eigenvalue weighted by Crippen LogP contribution is -2.35. The molecule has 106 valence electrons. The molecule has 2 aromatic rings. The van der Waals surface area contributed by atoms with Crippen LogP contribution in [0.2, 0.25) is 5.02 Å². The summed E-state index contributed by atoms with van der Waals surface area (Å²) >= 11 is 7.52. The monoisotopic (exact) mass is 328 g/mol. The highest BCUT2D eigenvalue weighted by atomic mass is 35.5. The summed E-state index contributed by atoms with van der Waals surface area (Å²) < 4.78 is 26.7. The Bertz CT molecular complexity index is 755. The van der Waals surface area contributed by atoms with Crippen LogP contribution in [0.1, 0.15) is 10.4 Å². The van der Waals surface area contributed by atoms with Crippen molar-refractivity contribution in [2.24, 2.45) is 0 Å². The van der Waals surface area contributed by atoms with Crippen LogP contribution >= 0.6 is 22.9 Å². The van der Waals surface area contributed by atoms with Gasteiger partial charge in [-0.05, 0) is 41.6 Å². The van der Waals surface area contributed by atoms with E-state index in [-0.39, 0.29) is 10.6 Å². The number of sulfonamides is 1. The summed E-state index contributed by atoms with van der Waals surface area (Å²) in [6.45, 7) is 0.919. The molecule has 2 N–H and O–H groups in total. The molecule has 0 radical (unpaired) electrons. The number of fused-ring (bicyclic) bond motifs is 1. The second kappa shape index (κ2) is 5.04. The van der Waals surface area contributed by atoms with Crippen molar-refractivity contribution in [3.63, 3.8) is 0 Å². The predicted molar refractivity (Wildman–Crippen MR) is 81.5 cm³/mol. The Morgan fingerprint density at radius 3 is 2.85 bits per heavy atom. The molecule has 1 aliphatic rings. The molecule has 1 aliphatic heterocycles. The number of halogens is 1. The quantitative estimate of drug-likeness (QED) is 0.862. The zero-order valence-corrected chi connectivity index (χ0v) is 12.9. The third-order valence-electron chi connectivity index (χ3n) is 3.38. The van der Waals surface area contributed by atoms with Gasteiger partial charge in [-0.1, -0.05) is 11.6 Å². The number of nitrogens with zero attached hydrogens (tertiary/aromatic N) is 1. The third kappa shape index (κ3) is 2.33. The van der Waals surface area contributed by atoms with Crippen molar-refractivity contribution in [2.45, 2.75) is 17.9 Å². The molecule has 0 amide bonds. The molecular weight excluding hydrogens is 316 g/mol. The number of benzene rings is 1. The first kappa shape index (κ1) is 13.9. The van der Waals surface area contributed by atoms with E-state index in [1.165, 1.54) is 27.4 Å². The molecular formula is C13H13ClN2O2S2. The van der Waals surface area contributed by atoms with Crippen LogP contribution in [0.15, 0.2) is 34.5 Å². The molecule has 0 bridgehead atoms. The average Bonchev–Trinajstić information content (AvgIpc) is 2.89. The van der Waals surface area contributed by atoms with Crippen molar-refractivity contribution in [1.29, 1.82) is 0 Å². The summed E-state index contributed by atoms with van der Waals surface area (Å²) in [7, 11) is -3.52. The summed E-state index contributed by atoms with van der Waals surface area (Å²) in [6.07, 6.45) is 0.759. The van der Waals surface area contributed by atoms with Gasteiger partial charge in [0.25, 0.3) is 0 Å². The highest BCUT2D eigenvalue weighted by Gasteiger charge is 2.29. The zero-order chi connectivity index (χ0) is 14.3. The van der Waals surface area contributed by atoms with Crippen molar-refractivity contribution >= 4 is 38.6 Å². The van der Waals surface area contributed by atoms with E-state index in [4.69, 9.17) is 17.3 Å². The van der Waals surface area contributed by atoms with Crippen molar-refractivity contribution in [2.75, 3.05) is 12.3 Å². The fourth-order valence-corrected chi connectivity index (χ4v) is 4.72. The van der Waals surface area contributed by atoms with E-state index in [0.29, 0.717) is 18.1 Å². The second-order valence-electron chi connectivity index (χ2n) is 4.64. The van der Waals surface area contributed by atoms with Gasteiger partial charge in [0.2, 0.25) is 10.0 Å². The molecule has 20 heavy (non-hydrogen) atoms. The summed E-state index contributed by atoms with van der Waals surface area (Å²) in [4.78, 5) is 1.46. The van der Waals surface area contributed by atoms with Crippen LogP contribution in [0, 0.1) is 0 Å². The van der Waals surface area contributed by atoms with E-state index >= 15 is 0 Å². The van der Waals surface area contributed by atoms with Gasteiger partial charge in [0.05, 0.1) is 15.6 Å². The van der Waals surface area contributed by atoms with Gasteiger partial charge in [-0.3, -0.25) is 0 Å². The molecule has 0 spiro atoms. The zero-order valence-electron chi connectivity index (χ0n) is 10.5. The Morgan fingerprint density at radius 1 is 1.30 bits per heavy atom. The first-order valence-corrected chi connectivity index (χ1v) is 8.78. The Kier molecular flexibility index (Phi) is 3.50. The SMILES string of the molecule is Nc1cc(S(=O)(=O)N2CCc3sccc3C2)ccc1Cl. The molecule has 1 aromatic heterocycles. The number of nitrogens with two attached hydrogens (primary N) is 1. The van der Waals surface area contributed by atoms with Crippen LogP contribution in [0.5, 0.6) is 0 Å². The Hall–Kier alpha value is -1.08. The van der Waals surface area contributed by atoms with E-state index < -0.39 is 10.0 Å². The maximum Gasteiger partial charge on any atom is 0.243 e. The largest absolute Gasteiger partial charge is 0.397 e. The second-order valence-corrected chi connectivity index (χ2v) is 7.99. The molecule has 0 fully saturated rings. The number of hydrogen-bond acceptors (Lipinski definition) is 4. The third-order valence-corrected chi connectivity index (χ3v) is 6.59. The van der Waals surface area contributed by atoms with Gasteiger partial charge in [-0.15, -0.1) is 11.3 Å². The van der Waals surface area contributed by atoms with Gasteiger partial charge in [-0.2, -0.15) is 4.31 Å². The summed E-state index contributed by atoms with van der Waals surface area (Å²) in [5.41, 5.74) is 7.06. The summed E-state index contributed by atoms with van der Waals surface area (Å²) in [5, 5.41) is 2.36. The molecule has 0 atom stereocenters. The molecule has 2 heterocycles. The smallest absolute Gasteiger partial charge is 0.243 e. The number of thiophene rings is 1.